The Morgan fingerprint density at radius 1 is 1.39 bits per heavy atom. The van der Waals surface area contributed by atoms with Crippen LogP contribution in [-0.4, -0.2) is 25.3 Å². The smallest absolute Gasteiger partial charge is 0.222 e. The fourth-order valence-electron chi connectivity index (χ4n) is 1.36. The first-order valence-electron chi connectivity index (χ1n) is 5.60. The second-order valence-corrected chi connectivity index (χ2v) is 4.14. The number of Topliss-reactive ketones (excluding diaryl/α,β-unsaturated/α-hetero) is 1. The van der Waals surface area contributed by atoms with E-state index in [4.69, 9.17) is 4.74 Å². The van der Waals surface area contributed by atoms with Gasteiger partial charge < -0.3 is 10.1 Å². The van der Waals surface area contributed by atoms with Gasteiger partial charge in [0.25, 0.3) is 0 Å². The molecule has 1 amide bonds. The van der Waals surface area contributed by atoms with Crippen molar-refractivity contribution in [2.45, 2.75) is 13.8 Å². The van der Waals surface area contributed by atoms with E-state index in [1.54, 1.807) is 13.8 Å². The lowest BCUT2D eigenvalue weighted by atomic mass is 10.1. The van der Waals surface area contributed by atoms with Gasteiger partial charge in [0, 0.05) is 5.92 Å². The van der Waals surface area contributed by atoms with Crippen LogP contribution in [0.25, 0.3) is 0 Å². The van der Waals surface area contributed by atoms with Crippen LogP contribution in [-0.2, 0) is 4.79 Å². The Morgan fingerprint density at radius 3 is 2.61 bits per heavy atom. The van der Waals surface area contributed by atoms with E-state index in [-0.39, 0.29) is 29.7 Å². The highest BCUT2D eigenvalue weighted by atomic mass is 19.1. The van der Waals surface area contributed by atoms with Crippen molar-refractivity contribution in [3.63, 3.8) is 0 Å². The number of amides is 1. The van der Waals surface area contributed by atoms with Crippen LogP contribution in [0.15, 0.2) is 18.2 Å². The molecule has 0 saturated carbocycles. The molecule has 0 atom stereocenters. The number of rotatable bonds is 5. The molecule has 0 heterocycles. The maximum absolute atomic E-state index is 13.1. The maximum Gasteiger partial charge on any atom is 0.222 e. The van der Waals surface area contributed by atoms with Crippen molar-refractivity contribution in [2.75, 3.05) is 13.7 Å². The Morgan fingerprint density at radius 2 is 2.06 bits per heavy atom. The molecule has 1 N–H and O–H groups in total. The van der Waals surface area contributed by atoms with Crippen LogP contribution >= 0.6 is 0 Å². The fraction of sp³-hybridized carbons (Fsp3) is 0.385. The van der Waals surface area contributed by atoms with Gasteiger partial charge in [0.2, 0.25) is 5.91 Å². The van der Waals surface area contributed by atoms with Crippen molar-refractivity contribution in [1.29, 1.82) is 0 Å². The van der Waals surface area contributed by atoms with Crippen LogP contribution in [0.1, 0.15) is 24.2 Å². The van der Waals surface area contributed by atoms with Crippen molar-refractivity contribution in [1.82, 2.24) is 5.32 Å². The van der Waals surface area contributed by atoms with Gasteiger partial charge in [0.1, 0.15) is 11.6 Å². The number of ketones is 1. The summed E-state index contributed by atoms with van der Waals surface area (Å²) in [6.07, 6.45) is 0. The van der Waals surface area contributed by atoms with E-state index in [0.29, 0.717) is 5.75 Å². The number of hydrogen-bond acceptors (Lipinski definition) is 3. The third-order valence-electron chi connectivity index (χ3n) is 2.41. The molecule has 0 radical (unpaired) electrons. The van der Waals surface area contributed by atoms with Crippen LogP contribution in [0.3, 0.4) is 0 Å². The molecule has 0 unspecified atom stereocenters. The van der Waals surface area contributed by atoms with Crippen LogP contribution in [0, 0.1) is 11.7 Å². The first-order chi connectivity index (χ1) is 8.45. The fourth-order valence-corrected chi connectivity index (χ4v) is 1.36. The number of carbonyl (C=O) groups excluding carboxylic acids is 2. The first-order valence-corrected chi connectivity index (χ1v) is 5.60. The molecule has 0 bridgehead atoms. The quantitative estimate of drug-likeness (QED) is 0.814. The topological polar surface area (TPSA) is 55.4 Å². The standard InChI is InChI=1S/C13H16FNO3/c1-8(2)13(17)15-7-11(16)10-6-9(14)4-5-12(10)18-3/h4-6,8H,7H2,1-3H3,(H,15,17). The van der Waals surface area contributed by atoms with Crippen molar-refractivity contribution in [3.05, 3.63) is 29.6 Å². The Hall–Kier alpha value is -1.91. The lowest BCUT2D eigenvalue weighted by Crippen LogP contribution is -2.32. The molecule has 4 nitrogen and oxygen atoms in total. The Kier molecular flexibility index (Phi) is 4.83. The van der Waals surface area contributed by atoms with E-state index in [1.165, 1.54) is 19.2 Å². The molecule has 0 saturated heterocycles. The van der Waals surface area contributed by atoms with E-state index in [1.807, 2.05) is 0 Å². The molecule has 0 aliphatic carbocycles. The van der Waals surface area contributed by atoms with Crippen molar-refractivity contribution in [3.8, 4) is 5.75 Å². The molecular formula is C13H16FNO3. The summed E-state index contributed by atoms with van der Waals surface area (Å²) in [6, 6.07) is 3.69. The molecule has 0 aliphatic rings. The van der Waals surface area contributed by atoms with Crippen LogP contribution in [0.4, 0.5) is 4.39 Å². The molecule has 0 fully saturated rings. The maximum atomic E-state index is 13.1. The third kappa shape index (κ3) is 3.55. The number of hydrogen-bond donors (Lipinski definition) is 1. The monoisotopic (exact) mass is 253 g/mol. The minimum Gasteiger partial charge on any atom is -0.496 e. The van der Waals surface area contributed by atoms with Gasteiger partial charge in [-0.1, -0.05) is 13.8 Å². The van der Waals surface area contributed by atoms with E-state index < -0.39 is 5.82 Å². The van der Waals surface area contributed by atoms with E-state index in [9.17, 15) is 14.0 Å². The van der Waals surface area contributed by atoms with E-state index in [2.05, 4.69) is 5.32 Å². The average Bonchev–Trinajstić information content (AvgIpc) is 2.35. The summed E-state index contributed by atoms with van der Waals surface area (Å²) in [4.78, 5) is 23.2. The number of methoxy groups -OCH3 is 1. The highest BCUT2D eigenvalue weighted by molar-refractivity contribution is 6.01. The third-order valence-corrected chi connectivity index (χ3v) is 2.41. The summed E-state index contributed by atoms with van der Waals surface area (Å²) < 4.78 is 18.1. The minimum absolute atomic E-state index is 0.126. The summed E-state index contributed by atoms with van der Waals surface area (Å²) in [6.45, 7) is 3.28. The molecule has 18 heavy (non-hydrogen) atoms. The molecule has 0 spiro atoms. The lowest BCUT2D eigenvalue weighted by molar-refractivity contribution is -0.123. The summed E-state index contributed by atoms with van der Waals surface area (Å²) in [7, 11) is 1.40. The van der Waals surface area contributed by atoms with Crippen LogP contribution < -0.4 is 10.1 Å². The Labute approximate surface area is 105 Å². The summed E-state index contributed by atoms with van der Waals surface area (Å²) in [5.74, 6) is -1.04. The SMILES string of the molecule is COc1ccc(F)cc1C(=O)CNC(=O)C(C)C. The van der Waals surface area contributed by atoms with Crippen molar-refractivity contribution >= 4 is 11.7 Å². The zero-order valence-corrected chi connectivity index (χ0v) is 10.6. The number of benzene rings is 1. The molecule has 5 heteroatoms. The second kappa shape index (κ2) is 6.14. The lowest BCUT2D eigenvalue weighted by Gasteiger charge is -2.09. The Balaban J connectivity index is 2.78. The largest absolute Gasteiger partial charge is 0.496 e. The normalized spacial score (nSPS) is 10.3. The summed E-state index contributed by atoms with van der Waals surface area (Å²) in [5, 5.41) is 2.48. The predicted octanol–water partition coefficient (Wildman–Crippen LogP) is 1.79. The summed E-state index contributed by atoms with van der Waals surface area (Å²) in [5.41, 5.74) is 0.126. The molecule has 98 valence electrons. The van der Waals surface area contributed by atoms with Gasteiger partial charge in [-0.15, -0.1) is 0 Å². The molecule has 1 aromatic carbocycles. The van der Waals surface area contributed by atoms with Gasteiger partial charge in [-0.3, -0.25) is 9.59 Å². The zero-order valence-electron chi connectivity index (χ0n) is 10.6. The number of halogens is 1. The van der Waals surface area contributed by atoms with Gasteiger partial charge in [-0.05, 0) is 18.2 Å². The van der Waals surface area contributed by atoms with Crippen molar-refractivity contribution < 1.29 is 18.7 Å². The van der Waals surface area contributed by atoms with Crippen molar-refractivity contribution in [2.24, 2.45) is 5.92 Å². The molecule has 0 aromatic heterocycles. The number of ether oxygens (including phenoxy) is 1. The zero-order chi connectivity index (χ0) is 13.7. The van der Waals surface area contributed by atoms with Gasteiger partial charge in [-0.2, -0.15) is 0 Å². The summed E-state index contributed by atoms with van der Waals surface area (Å²) >= 11 is 0. The highest BCUT2D eigenvalue weighted by Gasteiger charge is 2.15. The van der Waals surface area contributed by atoms with E-state index in [0.717, 1.165) is 6.07 Å². The van der Waals surface area contributed by atoms with Gasteiger partial charge in [0.05, 0.1) is 19.2 Å². The molecule has 0 aliphatic heterocycles. The van der Waals surface area contributed by atoms with E-state index >= 15 is 0 Å². The second-order valence-electron chi connectivity index (χ2n) is 4.14. The molecule has 1 aromatic rings. The highest BCUT2D eigenvalue weighted by Crippen LogP contribution is 2.19. The van der Waals surface area contributed by atoms with Gasteiger partial charge in [0.15, 0.2) is 5.78 Å². The molecule has 1 rings (SSSR count). The number of nitrogens with one attached hydrogen (secondary N) is 1. The first kappa shape index (κ1) is 14.2. The van der Waals surface area contributed by atoms with Crippen LogP contribution in [0.2, 0.25) is 0 Å². The van der Waals surface area contributed by atoms with Gasteiger partial charge >= 0.3 is 0 Å². The minimum atomic E-state index is -0.519. The number of carbonyl (C=O) groups is 2. The van der Waals surface area contributed by atoms with Crippen LogP contribution in [0.5, 0.6) is 5.75 Å². The average molecular weight is 253 g/mol. The molecular weight excluding hydrogens is 237 g/mol. The van der Waals surface area contributed by atoms with Gasteiger partial charge in [-0.25, -0.2) is 4.39 Å². The predicted molar refractivity (Wildman–Crippen MR) is 65.1 cm³/mol. The Bertz CT molecular complexity index is 458.